The van der Waals surface area contributed by atoms with E-state index in [4.69, 9.17) is 0 Å². The lowest BCUT2D eigenvalue weighted by Gasteiger charge is -2.27. The fourth-order valence-corrected chi connectivity index (χ4v) is 5.39. The Kier molecular flexibility index (Phi) is 8.89. The number of hydrogen-bond acceptors (Lipinski definition) is 0. The molecule has 0 radical (unpaired) electrons. The predicted octanol–water partition coefficient (Wildman–Crippen LogP) is 9.64. The van der Waals surface area contributed by atoms with Gasteiger partial charge in [-0.15, -0.1) is 0 Å². The van der Waals surface area contributed by atoms with Gasteiger partial charge < -0.3 is 17.3 Å². The maximum Gasteiger partial charge on any atom is 0.673 e. The van der Waals surface area contributed by atoms with Crippen molar-refractivity contribution in [1.29, 1.82) is 0 Å². The summed E-state index contributed by atoms with van der Waals surface area (Å²) in [4.78, 5) is 0. The van der Waals surface area contributed by atoms with Crippen molar-refractivity contribution in [3.05, 3.63) is 64.7 Å². The standard InChI is InChI=1S/C31H46N.BF4/c1-22(2)18-23-12-14-24(15-13-23)31(11)20-30(9,10)32(21-31)27-19-25(28(3,4)5)16-17-26(27)29(6,7)8;2-1(3,4)5/h12-17,19,21-22H,18,20H2,1-11H3;/q+1;-1. The molecule has 6 heteroatoms. The van der Waals surface area contributed by atoms with Gasteiger partial charge in [0, 0.05) is 31.9 Å². The molecule has 1 aliphatic rings. The quantitative estimate of drug-likeness (QED) is 0.215. The Morgan fingerprint density at radius 1 is 0.838 bits per heavy atom. The Morgan fingerprint density at radius 2 is 1.35 bits per heavy atom. The molecular formula is C31H46BF4N. The van der Waals surface area contributed by atoms with E-state index in [1.807, 2.05) is 0 Å². The summed E-state index contributed by atoms with van der Waals surface area (Å²) < 4.78 is 41.6. The molecule has 0 fully saturated rings. The maximum atomic E-state index is 9.75. The first-order valence-electron chi connectivity index (χ1n) is 13.3. The predicted molar refractivity (Wildman–Crippen MR) is 151 cm³/mol. The van der Waals surface area contributed by atoms with Crippen LogP contribution in [0.25, 0.3) is 0 Å². The topological polar surface area (TPSA) is 3.01 Å². The molecule has 206 valence electrons. The van der Waals surface area contributed by atoms with Crippen molar-refractivity contribution in [3.63, 3.8) is 0 Å². The zero-order valence-corrected chi connectivity index (χ0v) is 24.6. The summed E-state index contributed by atoms with van der Waals surface area (Å²) in [6, 6.07) is 16.6. The van der Waals surface area contributed by atoms with Gasteiger partial charge in [0.15, 0.2) is 11.8 Å². The first-order valence-corrected chi connectivity index (χ1v) is 13.3. The molecule has 0 N–H and O–H groups in total. The van der Waals surface area contributed by atoms with Crippen molar-refractivity contribution in [2.75, 3.05) is 0 Å². The molecule has 1 atom stereocenters. The molecule has 37 heavy (non-hydrogen) atoms. The molecule has 2 aromatic rings. The molecule has 3 rings (SSSR count). The molecule has 0 bridgehead atoms. The van der Waals surface area contributed by atoms with Crippen LogP contribution >= 0.6 is 0 Å². The van der Waals surface area contributed by atoms with Crippen LogP contribution in [0.15, 0.2) is 42.5 Å². The second kappa shape index (κ2) is 10.6. The largest absolute Gasteiger partial charge is 0.673 e. The van der Waals surface area contributed by atoms with Crippen molar-refractivity contribution in [1.82, 2.24) is 0 Å². The van der Waals surface area contributed by atoms with Crippen molar-refractivity contribution < 1.29 is 21.8 Å². The van der Waals surface area contributed by atoms with Crippen molar-refractivity contribution in [2.24, 2.45) is 5.92 Å². The smallest absolute Gasteiger partial charge is 0.418 e. The van der Waals surface area contributed by atoms with Crippen LogP contribution in [-0.4, -0.2) is 23.6 Å². The molecule has 0 saturated carbocycles. The average Bonchev–Trinajstić information content (AvgIpc) is 2.94. The van der Waals surface area contributed by atoms with Gasteiger partial charge in [-0.25, -0.2) is 0 Å². The number of rotatable bonds is 4. The monoisotopic (exact) mass is 519 g/mol. The van der Waals surface area contributed by atoms with Crippen LogP contribution in [0.5, 0.6) is 0 Å². The van der Waals surface area contributed by atoms with Gasteiger partial charge in [-0.2, -0.15) is 4.58 Å². The lowest BCUT2D eigenvalue weighted by molar-refractivity contribution is -0.512. The summed E-state index contributed by atoms with van der Waals surface area (Å²) in [6.45, 7) is 25.7. The fourth-order valence-electron chi connectivity index (χ4n) is 5.39. The second-order valence-electron chi connectivity index (χ2n) is 13.9. The molecule has 1 nitrogen and oxygen atoms in total. The lowest BCUT2D eigenvalue weighted by atomic mass is 9.77. The molecule has 0 aromatic heterocycles. The molecule has 0 saturated heterocycles. The van der Waals surface area contributed by atoms with Gasteiger partial charge in [-0.05, 0) is 46.8 Å². The third-order valence-corrected chi connectivity index (χ3v) is 7.05. The first kappa shape index (κ1) is 31.1. The average molecular weight is 520 g/mol. The molecular weight excluding hydrogens is 473 g/mol. The third kappa shape index (κ3) is 8.45. The summed E-state index contributed by atoms with van der Waals surface area (Å²) in [5.74, 6) is 0.690. The van der Waals surface area contributed by atoms with Crippen LogP contribution in [0.4, 0.5) is 23.0 Å². The van der Waals surface area contributed by atoms with Crippen LogP contribution < -0.4 is 0 Å². The van der Waals surface area contributed by atoms with Crippen LogP contribution in [0.3, 0.4) is 0 Å². The molecule has 2 aromatic carbocycles. The Bertz CT molecular complexity index is 1090. The fraction of sp³-hybridized carbons (Fsp3) is 0.581. The van der Waals surface area contributed by atoms with E-state index >= 15 is 0 Å². The minimum absolute atomic E-state index is 0.0206. The highest BCUT2D eigenvalue weighted by Crippen LogP contribution is 2.45. The highest BCUT2D eigenvalue weighted by Gasteiger charge is 2.50. The summed E-state index contributed by atoms with van der Waals surface area (Å²) in [6.07, 6.45) is 4.77. The molecule has 1 heterocycles. The van der Waals surface area contributed by atoms with Crippen LogP contribution in [0, 0.1) is 5.92 Å². The Hall–Kier alpha value is -2.11. The second-order valence-corrected chi connectivity index (χ2v) is 13.9. The van der Waals surface area contributed by atoms with Gasteiger partial charge in [-0.3, -0.25) is 0 Å². The van der Waals surface area contributed by atoms with Gasteiger partial charge in [0.25, 0.3) is 0 Å². The first-order chi connectivity index (χ1) is 16.5. The SMILES string of the molecule is CC(C)Cc1ccc(C2(C)C=[N+](c3cc(C(C)(C)C)ccc3C(C)(C)C)C(C)(C)C2)cc1.F[B-](F)(F)F. The van der Waals surface area contributed by atoms with Crippen LogP contribution in [0.1, 0.15) is 105 Å². The van der Waals surface area contributed by atoms with Crippen molar-refractivity contribution >= 4 is 19.2 Å². The number of nitrogens with zero attached hydrogens (tertiary/aromatic N) is 1. The van der Waals surface area contributed by atoms with Crippen LogP contribution in [0.2, 0.25) is 0 Å². The van der Waals surface area contributed by atoms with Crippen molar-refractivity contribution in [2.45, 2.75) is 111 Å². The van der Waals surface area contributed by atoms with Gasteiger partial charge >= 0.3 is 7.25 Å². The normalized spacial score (nSPS) is 19.9. The summed E-state index contributed by atoms with van der Waals surface area (Å²) in [5.41, 5.74) is 7.34. The van der Waals surface area contributed by atoms with E-state index in [0.717, 1.165) is 12.8 Å². The minimum Gasteiger partial charge on any atom is -0.418 e. The van der Waals surface area contributed by atoms with E-state index in [1.54, 1.807) is 0 Å². The van der Waals surface area contributed by atoms with Gasteiger partial charge in [0.1, 0.15) is 0 Å². The molecule has 0 amide bonds. The van der Waals surface area contributed by atoms with E-state index < -0.39 is 7.25 Å². The summed E-state index contributed by atoms with van der Waals surface area (Å²) >= 11 is 0. The Balaban J connectivity index is 0.000000877. The Morgan fingerprint density at radius 3 is 1.78 bits per heavy atom. The maximum absolute atomic E-state index is 9.75. The van der Waals surface area contributed by atoms with Gasteiger partial charge in [-0.1, -0.05) is 91.8 Å². The molecule has 0 spiro atoms. The number of halogens is 4. The molecule has 0 aliphatic carbocycles. The number of hydrogen-bond donors (Lipinski definition) is 0. The Labute approximate surface area is 222 Å². The van der Waals surface area contributed by atoms with E-state index in [2.05, 4.69) is 129 Å². The summed E-state index contributed by atoms with van der Waals surface area (Å²) in [5, 5.41) is 0. The van der Waals surface area contributed by atoms with E-state index in [0.29, 0.717) is 5.92 Å². The van der Waals surface area contributed by atoms with Crippen molar-refractivity contribution in [3.8, 4) is 0 Å². The van der Waals surface area contributed by atoms with Gasteiger partial charge in [0.05, 0.1) is 5.41 Å². The highest BCUT2D eigenvalue weighted by molar-refractivity contribution is 6.50. The van der Waals surface area contributed by atoms with E-state index in [1.165, 1.54) is 27.9 Å². The molecule has 1 unspecified atom stereocenters. The van der Waals surface area contributed by atoms with E-state index in [9.17, 15) is 17.3 Å². The van der Waals surface area contributed by atoms with Crippen LogP contribution in [-0.2, 0) is 22.7 Å². The highest BCUT2D eigenvalue weighted by atomic mass is 19.5. The zero-order valence-electron chi connectivity index (χ0n) is 24.6. The number of benzene rings is 2. The van der Waals surface area contributed by atoms with Gasteiger partial charge in [0.2, 0.25) is 5.69 Å². The van der Waals surface area contributed by atoms with E-state index in [-0.39, 0.29) is 21.8 Å². The lowest BCUT2D eigenvalue weighted by Crippen LogP contribution is -2.32. The minimum atomic E-state index is -6.00. The zero-order chi connectivity index (χ0) is 28.6. The summed E-state index contributed by atoms with van der Waals surface area (Å²) in [7, 11) is -6.00. The molecule has 1 aliphatic heterocycles. The third-order valence-electron chi connectivity index (χ3n) is 7.05.